The highest BCUT2D eigenvalue weighted by Crippen LogP contribution is 2.27. The summed E-state index contributed by atoms with van der Waals surface area (Å²) < 4.78 is 3.87. The number of aromatic nitrogens is 2. The molecule has 1 aromatic heterocycles. The van der Waals surface area contributed by atoms with Crippen LogP contribution in [0.4, 0.5) is 0 Å². The largest absolute Gasteiger partial charge is 0.393 e. The van der Waals surface area contributed by atoms with Crippen LogP contribution in [0, 0.1) is 5.92 Å². The minimum atomic E-state index is -0.179. The summed E-state index contributed by atoms with van der Waals surface area (Å²) in [5.74, 6) is 0.305. The summed E-state index contributed by atoms with van der Waals surface area (Å²) in [6, 6.07) is 0. The molecule has 0 aliphatic heterocycles. The molecule has 0 bridgehead atoms. The van der Waals surface area contributed by atoms with Crippen LogP contribution in [0.1, 0.15) is 49.0 Å². The Hall–Kier alpha value is -1.01. The summed E-state index contributed by atoms with van der Waals surface area (Å²) in [4.78, 5) is 12.7. The Kier molecular flexibility index (Phi) is 3.68. The van der Waals surface area contributed by atoms with Crippen molar-refractivity contribution in [2.45, 2.75) is 45.1 Å². The van der Waals surface area contributed by atoms with E-state index in [4.69, 9.17) is 0 Å². The van der Waals surface area contributed by atoms with Gasteiger partial charge >= 0.3 is 0 Å². The maximum absolute atomic E-state index is 12.1. The van der Waals surface area contributed by atoms with Crippen molar-refractivity contribution in [2.24, 2.45) is 5.92 Å². The Labute approximate surface area is 111 Å². The Bertz CT molecular complexity index is 433. The lowest BCUT2D eigenvalue weighted by Gasteiger charge is -2.31. The number of amides is 1. The number of rotatable bonds is 3. The molecule has 2 rings (SSSR count). The average molecular weight is 269 g/mol. The van der Waals surface area contributed by atoms with E-state index in [0.717, 1.165) is 30.1 Å². The van der Waals surface area contributed by atoms with Gasteiger partial charge in [-0.05, 0) is 30.3 Å². The van der Waals surface area contributed by atoms with Crippen molar-refractivity contribution in [3.05, 3.63) is 10.6 Å². The number of aliphatic hydroxyl groups is 1. The molecule has 0 aromatic carbocycles. The van der Waals surface area contributed by atoms with Crippen LogP contribution in [0.2, 0.25) is 0 Å². The molecule has 0 unspecified atom stereocenters. The molecular weight excluding hydrogens is 250 g/mol. The molecule has 1 aliphatic carbocycles. The number of carbonyl (C=O) groups excluding carboxylic acids is 1. The standard InChI is InChI=1S/C12H19N3O2S/c1-12(2,3)10-9(18-15-14-10)11(17)13-6-7-4-8(16)5-7/h7-8,16H,4-6H2,1-3H3,(H,13,17). The van der Waals surface area contributed by atoms with E-state index >= 15 is 0 Å². The highest BCUT2D eigenvalue weighted by molar-refractivity contribution is 7.08. The van der Waals surface area contributed by atoms with E-state index in [1.165, 1.54) is 0 Å². The van der Waals surface area contributed by atoms with E-state index in [1.807, 2.05) is 20.8 Å². The lowest BCUT2D eigenvalue weighted by Crippen LogP contribution is -2.38. The maximum atomic E-state index is 12.1. The van der Waals surface area contributed by atoms with Crippen molar-refractivity contribution in [2.75, 3.05) is 6.54 Å². The summed E-state index contributed by atoms with van der Waals surface area (Å²) in [5.41, 5.74) is 0.574. The fraction of sp³-hybridized carbons (Fsp3) is 0.750. The van der Waals surface area contributed by atoms with Gasteiger partial charge in [0.2, 0.25) is 0 Å². The van der Waals surface area contributed by atoms with Crippen LogP contribution >= 0.6 is 11.5 Å². The molecule has 0 radical (unpaired) electrons. The van der Waals surface area contributed by atoms with Crippen molar-refractivity contribution < 1.29 is 9.90 Å². The quantitative estimate of drug-likeness (QED) is 0.868. The topological polar surface area (TPSA) is 75.1 Å². The Balaban J connectivity index is 1.95. The SMILES string of the molecule is CC(C)(C)c1nnsc1C(=O)NCC1CC(O)C1. The molecule has 5 nitrogen and oxygen atoms in total. The molecule has 100 valence electrons. The summed E-state index contributed by atoms with van der Waals surface area (Å²) in [6.07, 6.45) is 1.39. The molecule has 1 amide bonds. The summed E-state index contributed by atoms with van der Waals surface area (Å²) >= 11 is 1.14. The molecule has 0 spiro atoms. The third-order valence-corrected chi connectivity index (χ3v) is 3.89. The van der Waals surface area contributed by atoms with Crippen molar-refractivity contribution >= 4 is 17.4 Å². The molecule has 1 aromatic rings. The van der Waals surface area contributed by atoms with E-state index in [0.29, 0.717) is 17.3 Å². The smallest absolute Gasteiger partial charge is 0.264 e. The first-order chi connectivity index (χ1) is 8.38. The Morgan fingerprint density at radius 1 is 1.50 bits per heavy atom. The molecule has 1 aliphatic rings. The average Bonchev–Trinajstić information content (AvgIpc) is 2.70. The summed E-state index contributed by atoms with van der Waals surface area (Å²) in [6.45, 7) is 6.67. The van der Waals surface area contributed by atoms with Gasteiger partial charge in [0, 0.05) is 12.0 Å². The van der Waals surface area contributed by atoms with Gasteiger partial charge in [-0.25, -0.2) is 0 Å². The molecule has 1 saturated carbocycles. The second-order valence-electron chi connectivity index (χ2n) is 5.90. The molecule has 2 N–H and O–H groups in total. The fourth-order valence-corrected chi connectivity index (χ4v) is 2.81. The van der Waals surface area contributed by atoms with Gasteiger partial charge in [-0.3, -0.25) is 4.79 Å². The van der Waals surface area contributed by atoms with Crippen molar-refractivity contribution in [1.29, 1.82) is 0 Å². The van der Waals surface area contributed by atoms with Gasteiger partial charge in [-0.15, -0.1) is 5.10 Å². The fourth-order valence-electron chi connectivity index (χ4n) is 2.01. The predicted octanol–water partition coefficient (Wildman–Crippen LogP) is 1.34. The third kappa shape index (κ3) is 2.87. The monoisotopic (exact) mass is 269 g/mol. The molecule has 18 heavy (non-hydrogen) atoms. The van der Waals surface area contributed by atoms with Crippen LogP contribution in [0.15, 0.2) is 0 Å². The van der Waals surface area contributed by atoms with Crippen LogP contribution in [0.5, 0.6) is 0 Å². The van der Waals surface area contributed by atoms with Gasteiger partial charge in [-0.2, -0.15) is 0 Å². The van der Waals surface area contributed by atoms with Crippen LogP contribution < -0.4 is 5.32 Å². The van der Waals surface area contributed by atoms with Crippen molar-refractivity contribution in [1.82, 2.24) is 14.9 Å². The van der Waals surface area contributed by atoms with Crippen molar-refractivity contribution in [3.63, 3.8) is 0 Å². The predicted molar refractivity (Wildman–Crippen MR) is 69.7 cm³/mol. The second kappa shape index (κ2) is 4.93. The van der Waals surface area contributed by atoms with E-state index in [2.05, 4.69) is 14.9 Å². The Morgan fingerprint density at radius 2 is 2.17 bits per heavy atom. The molecule has 6 heteroatoms. The van der Waals surface area contributed by atoms with Gasteiger partial charge in [0.15, 0.2) is 0 Å². The third-order valence-electron chi connectivity index (χ3n) is 3.17. The zero-order chi connectivity index (χ0) is 13.3. The second-order valence-corrected chi connectivity index (χ2v) is 6.66. The van der Waals surface area contributed by atoms with Crippen molar-refractivity contribution in [3.8, 4) is 0 Å². The van der Waals surface area contributed by atoms with E-state index in [9.17, 15) is 9.90 Å². The van der Waals surface area contributed by atoms with E-state index < -0.39 is 0 Å². The number of nitrogens with one attached hydrogen (secondary N) is 1. The highest BCUT2D eigenvalue weighted by Gasteiger charge is 2.29. The molecule has 1 fully saturated rings. The normalized spacial score (nSPS) is 23.6. The van der Waals surface area contributed by atoms with Crippen LogP contribution in [-0.4, -0.2) is 33.2 Å². The minimum Gasteiger partial charge on any atom is -0.393 e. The van der Waals surface area contributed by atoms with Gasteiger partial charge in [0.1, 0.15) is 4.88 Å². The lowest BCUT2D eigenvalue weighted by molar-refractivity contribution is 0.0420. The number of aliphatic hydroxyl groups excluding tert-OH is 1. The number of nitrogens with zero attached hydrogens (tertiary/aromatic N) is 2. The minimum absolute atomic E-state index is 0.101. The number of carbonyl (C=O) groups is 1. The van der Waals surface area contributed by atoms with E-state index in [-0.39, 0.29) is 17.4 Å². The van der Waals surface area contributed by atoms with E-state index in [1.54, 1.807) is 0 Å². The first-order valence-electron chi connectivity index (χ1n) is 6.17. The number of hydrogen-bond donors (Lipinski definition) is 2. The van der Waals surface area contributed by atoms with Crippen LogP contribution in [-0.2, 0) is 5.41 Å². The zero-order valence-electron chi connectivity index (χ0n) is 10.9. The van der Waals surface area contributed by atoms with Gasteiger partial charge in [0.25, 0.3) is 5.91 Å². The molecular formula is C12H19N3O2S. The summed E-state index contributed by atoms with van der Waals surface area (Å²) in [5, 5.41) is 16.1. The molecule has 1 heterocycles. The molecule has 0 atom stereocenters. The highest BCUT2D eigenvalue weighted by atomic mass is 32.1. The van der Waals surface area contributed by atoms with Gasteiger partial charge < -0.3 is 10.4 Å². The van der Waals surface area contributed by atoms with Gasteiger partial charge in [-0.1, -0.05) is 25.3 Å². The summed E-state index contributed by atoms with van der Waals surface area (Å²) in [7, 11) is 0. The lowest BCUT2D eigenvalue weighted by atomic mass is 9.82. The number of hydrogen-bond acceptors (Lipinski definition) is 5. The first-order valence-corrected chi connectivity index (χ1v) is 6.94. The van der Waals surface area contributed by atoms with Gasteiger partial charge in [0.05, 0.1) is 11.8 Å². The Morgan fingerprint density at radius 3 is 2.72 bits per heavy atom. The zero-order valence-corrected chi connectivity index (χ0v) is 11.8. The molecule has 0 saturated heterocycles. The van der Waals surface area contributed by atoms with Crippen LogP contribution in [0.3, 0.4) is 0 Å². The first kappa shape index (κ1) is 13.4. The van der Waals surface area contributed by atoms with Crippen LogP contribution in [0.25, 0.3) is 0 Å². The maximum Gasteiger partial charge on any atom is 0.264 e.